The number of hydrogen-bond donors (Lipinski definition) is 1. The van der Waals surface area contributed by atoms with Crippen molar-refractivity contribution in [3.8, 4) is 5.75 Å². The molecule has 0 fully saturated rings. The molecule has 2 aromatic carbocycles. The normalized spacial score (nSPS) is 10.4. The molecule has 2 aromatic rings. The third kappa shape index (κ3) is 4.48. The third-order valence-corrected chi connectivity index (χ3v) is 3.67. The minimum atomic E-state index is -0.160. The first-order valence-corrected chi connectivity index (χ1v) is 7.10. The van der Waals surface area contributed by atoms with Gasteiger partial charge in [-0.25, -0.2) is 4.39 Å². The van der Waals surface area contributed by atoms with Crippen LogP contribution in [0.5, 0.6) is 5.75 Å². The standard InChI is InChI=1S/C15H16FNOS/c16-14-4-1-2-5-15(14)19-11-3-10-18-13-8-6-12(17)7-9-13/h1-2,4-9H,3,10-11,17H2. The zero-order valence-electron chi connectivity index (χ0n) is 10.5. The molecule has 4 heteroatoms. The van der Waals surface area contributed by atoms with Gasteiger partial charge in [0.1, 0.15) is 11.6 Å². The minimum Gasteiger partial charge on any atom is -0.494 e. The smallest absolute Gasteiger partial charge is 0.136 e. The summed E-state index contributed by atoms with van der Waals surface area (Å²) in [7, 11) is 0. The molecule has 0 heterocycles. The molecule has 0 bridgehead atoms. The first-order valence-electron chi connectivity index (χ1n) is 6.11. The lowest BCUT2D eigenvalue weighted by Crippen LogP contribution is -1.99. The molecule has 0 aliphatic carbocycles. The zero-order chi connectivity index (χ0) is 13.5. The van der Waals surface area contributed by atoms with Crippen molar-refractivity contribution in [3.63, 3.8) is 0 Å². The Hall–Kier alpha value is -1.68. The van der Waals surface area contributed by atoms with Crippen LogP contribution in [0.25, 0.3) is 0 Å². The molecule has 19 heavy (non-hydrogen) atoms. The quantitative estimate of drug-likeness (QED) is 0.493. The fourth-order valence-electron chi connectivity index (χ4n) is 1.56. The van der Waals surface area contributed by atoms with Crippen molar-refractivity contribution in [2.45, 2.75) is 11.3 Å². The summed E-state index contributed by atoms with van der Waals surface area (Å²) < 4.78 is 18.9. The highest BCUT2D eigenvalue weighted by Crippen LogP contribution is 2.22. The van der Waals surface area contributed by atoms with E-state index in [1.54, 1.807) is 12.1 Å². The number of rotatable bonds is 6. The summed E-state index contributed by atoms with van der Waals surface area (Å²) in [5.41, 5.74) is 6.31. The Balaban J connectivity index is 1.67. The molecule has 0 unspecified atom stereocenters. The van der Waals surface area contributed by atoms with Crippen LogP contribution in [0.4, 0.5) is 10.1 Å². The van der Waals surface area contributed by atoms with Gasteiger partial charge < -0.3 is 10.5 Å². The summed E-state index contributed by atoms with van der Waals surface area (Å²) in [4.78, 5) is 0.690. The molecule has 0 saturated heterocycles. The Bertz CT molecular complexity index is 516. The second kappa shape index (κ2) is 7.04. The number of nitrogens with two attached hydrogens (primary N) is 1. The molecule has 2 rings (SSSR count). The molecule has 0 saturated carbocycles. The topological polar surface area (TPSA) is 35.2 Å². The van der Waals surface area contributed by atoms with Crippen molar-refractivity contribution < 1.29 is 9.13 Å². The maximum atomic E-state index is 13.3. The molecule has 100 valence electrons. The number of nitrogen functional groups attached to an aromatic ring is 1. The van der Waals surface area contributed by atoms with E-state index < -0.39 is 0 Å². The molecule has 0 spiro atoms. The molecule has 2 N–H and O–H groups in total. The largest absolute Gasteiger partial charge is 0.494 e. The molecule has 2 nitrogen and oxygen atoms in total. The van der Waals surface area contributed by atoms with E-state index in [0.717, 1.165) is 23.6 Å². The molecule has 0 amide bonds. The monoisotopic (exact) mass is 277 g/mol. The second-order valence-corrected chi connectivity index (χ2v) is 5.19. The molecule has 0 atom stereocenters. The van der Waals surface area contributed by atoms with Crippen LogP contribution >= 0.6 is 11.8 Å². The number of hydrogen-bond acceptors (Lipinski definition) is 3. The molecule has 0 aliphatic rings. The van der Waals surface area contributed by atoms with Crippen LogP contribution in [0, 0.1) is 5.82 Å². The van der Waals surface area contributed by atoms with Gasteiger partial charge in [0.25, 0.3) is 0 Å². The van der Waals surface area contributed by atoms with Crippen LogP contribution in [-0.4, -0.2) is 12.4 Å². The van der Waals surface area contributed by atoms with Crippen LogP contribution in [0.3, 0.4) is 0 Å². The Morgan fingerprint density at radius 1 is 1.05 bits per heavy atom. The molecule has 0 radical (unpaired) electrons. The van der Waals surface area contributed by atoms with E-state index in [-0.39, 0.29) is 5.82 Å². The summed E-state index contributed by atoms with van der Waals surface area (Å²) in [6, 6.07) is 14.1. The van der Waals surface area contributed by atoms with Gasteiger partial charge in [0, 0.05) is 16.3 Å². The Morgan fingerprint density at radius 3 is 2.53 bits per heavy atom. The highest BCUT2D eigenvalue weighted by Gasteiger charge is 2.00. The molecular weight excluding hydrogens is 261 g/mol. The number of benzene rings is 2. The van der Waals surface area contributed by atoms with Gasteiger partial charge in [-0.2, -0.15) is 0 Å². The maximum absolute atomic E-state index is 13.3. The molecule has 0 aromatic heterocycles. The Labute approximate surface area is 116 Å². The van der Waals surface area contributed by atoms with E-state index >= 15 is 0 Å². The Morgan fingerprint density at radius 2 is 1.79 bits per heavy atom. The van der Waals surface area contributed by atoms with Crippen molar-refractivity contribution in [2.24, 2.45) is 0 Å². The SMILES string of the molecule is Nc1ccc(OCCCSc2ccccc2F)cc1. The van der Waals surface area contributed by atoms with E-state index in [2.05, 4.69) is 0 Å². The summed E-state index contributed by atoms with van der Waals surface area (Å²) in [5.74, 6) is 1.48. The van der Waals surface area contributed by atoms with Crippen LogP contribution in [-0.2, 0) is 0 Å². The van der Waals surface area contributed by atoms with Gasteiger partial charge in [-0.05, 0) is 42.8 Å². The van der Waals surface area contributed by atoms with Crippen molar-refractivity contribution in [1.29, 1.82) is 0 Å². The highest BCUT2D eigenvalue weighted by atomic mass is 32.2. The van der Waals surface area contributed by atoms with Crippen molar-refractivity contribution >= 4 is 17.4 Å². The van der Waals surface area contributed by atoms with Crippen LogP contribution in [0.15, 0.2) is 53.4 Å². The summed E-state index contributed by atoms with van der Waals surface area (Å²) in [6.07, 6.45) is 0.864. The summed E-state index contributed by atoms with van der Waals surface area (Å²) in [6.45, 7) is 0.616. The van der Waals surface area contributed by atoms with Crippen LogP contribution in [0.1, 0.15) is 6.42 Å². The van der Waals surface area contributed by atoms with E-state index in [4.69, 9.17) is 10.5 Å². The Kier molecular flexibility index (Phi) is 5.10. The summed E-state index contributed by atoms with van der Waals surface area (Å²) >= 11 is 1.51. The number of thioether (sulfide) groups is 1. The second-order valence-electron chi connectivity index (χ2n) is 4.05. The first kappa shape index (κ1) is 13.7. The predicted molar refractivity (Wildman–Crippen MR) is 78.1 cm³/mol. The predicted octanol–water partition coefficient (Wildman–Crippen LogP) is 3.97. The lowest BCUT2D eigenvalue weighted by atomic mass is 10.3. The lowest BCUT2D eigenvalue weighted by Gasteiger charge is -2.06. The van der Waals surface area contributed by atoms with E-state index in [1.807, 2.05) is 30.3 Å². The maximum Gasteiger partial charge on any atom is 0.136 e. The number of ether oxygens (including phenoxy) is 1. The van der Waals surface area contributed by atoms with Gasteiger partial charge in [-0.3, -0.25) is 0 Å². The van der Waals surface area contributed by atoms with Crippen LogP contribution < -0.4 is 10.5 Å². The first-order chi connectivity index (χ1) is 9.25. The van der Waals surface area contributed by atoms with Gasteiger partial charge in [0.05, 0.1) is 6.61 Å². The van der Waals surface area contributed by atoms with Gasteiger partial charge >= 0.3 is 0 Å². The fraction of sp³-hybridized carbons (Fsp3) is 0.200. The average Bonchev–Trinajstić information content (AvgIpc) is 2.42. The van der Waals surface area contributed by atoms with E-state index in [0.29, 0.717) is 11.5 Å². The lowest BCUT2D eigenvalue weighted by molar-refractivity contribution is 0.319. The van der Waals surface area contributed by atoms with E-state index in [9.17, 15) is 4.39 Å². The van der Waals surface area contributed by atoms with Crippen molar-refractivity contribution in [2.75, 3.05) is 18.1 Å². The van der Waals surface area contributed by atoms with E-state index in [1.165, 1.54) is 17.8 Å². The number of halogens is 1. The van der Waals surface area contributed by atoms with Crippen molar-refractivity contribution in [1.82, 2.24) is 0 Å². The van der Waals surface area contributed by atoms with Crippen molar-refractivity contribution in [3.05, 3.63) is 54.3 Å². The van der Waals surface area contributed by atoms with Crippen LogP contribution in [0.2, 0.25) is 0 Å². The molecule has 0 aliphatic heterocycles. The van der Waals surface area contributed by atoms with Gasteiger partial charge in [-0.15, -0.1) is 11.8 Å². The highest BCUT2D eigenvalue weighted by molar-refractivity contribution is 7.99. The average molecular weight is 277 g/mol. The summed E-state index contributed by atoms with van der Waals surface area (Å²) in [5, 5.41) is 0. The fourth-order valence-corrected chi connectivity index (χ4v) is 2.42. The minimum absolute atomic E-state index is 0.160. The van der Waals surface area contributed by atoms with Gasteiger partial charge in [-0.1, -0.05) is 12.1 Å². The van der Waals surface area contributed by atoms with Gasteiger partial charge in [0.2, 0.25) is 0 Å². The zero-order valence-corrected chi connectivity index (χ0v) is 11.3. The number of anilines is 1. The third-order valence-electron chi connectivity index (χ3n) is 2.53. The molecular formula is C15H16FNOS. The van der Waals surface area contributed by atoms with Gasteiger partial charge in [0.15, 0.2) is 0 Å².